The van der Waals surface area contributed by atoms with Gasteiger partial charge < -0.3 is 10.5 Å². The Morgan fingerprint density at radius 1 is 1.33 bits per heavy atom. The molecular formula is C12H23NO2. The van der Waals surface area contributed by atoms with Gasteiger partial charge in [-0.2, -0.15) is 0 Å². The van der Waals surface area contributed by atoms with E-state index >= 15 is 0 Å². The average molecular weight is 213 g/mol. The maximum absolute atomic E-state index is 11.6. The zero-order valence-electron chi connectivity index (χ0n) is 9.71. The zero-order chi connectivity index (χ0) is 11.1. The molecule has 1 saturated carbocycles. The van der Waals surface area contributed by atoms with E-state index in [1.807, 2.05) is 6.92 Å². The maximum Gasteiger partial charge on any atom is 0.323 e. The van der Waals surface area contributed by atoms with Crippen molar-refractivity contribution in [3.05, 3.63) is 0 Å². The molecule has 1 atom stereocenters. The van der Waals surface area contributed by atoms with Crippen LogP contribution in [0, 0.1) is 0 Å². The normalized spacial score (nSPS) is 20.7. The summed E-state index contributed by atoms with van der Waals surface area (Å²) < 4.78 is 5.42. The van der Waals surface area contributed by atoms with E-state index < -0.39 is 6.04 Å². The Bertz CT molecular complexity index is 186. The third kappa shape index (κ3) is 4.65. The van der Waals surface area contributed by atoms with Crippen molar-refractivity contribution in [2.24, 2.45) is 5.73 Å². The van der Waals surface area contributed by atoms with E-state index in [9.17, 15) is 4.79 Å². The van der Waals surface area contributed by atoms with Crippen LogP contribution in [0.1, 0.15) is 58.3 Å². The van der Waals surface area contributed by atoms with Crippen molar-refractivity contribution in [2.75, 3.05) is 0 Å². The quantitative estimate of drug-likeness (QED) is 0.576. The van der Waals surface area contributed by atoms with Crippen molar-refractivity contribution < 1.29 is 9.53 Å². The number of nitrogens with two attached hydrogens (primary N) is 1. The topological polar surface area (TPSA) is 52.3 Å². The number of carbonyl (C=O) groups excluding carboxylic acids is 1. The fraction of sp³-hybridized carbons (Fsp3) is 0.917. The molecule has 0 aromatic rings. The smallest absolute Gasteiger partial charge is 0.323 e. The molecule has 0 aromatic carbocycles. The minimum absolute atomic E-state index is 0.128. The van der Waals surface area contributed by atoms with Gasteiger partial charge in [0.2, 0.25) is 0 Å². The molecule has 0 unspecified atom stereocenters. The van der Waals surface area contributed by atoms with Crippen molar-refractivity contribution in [1.29, 1.82) is 0 Å². The third-order valence-corrected chi connectivity index (χ3v) is 2.99. The average Bonchev–Trinajstić information content (AvgIpc) is 2.46. The van der Waals surface area contributed by atoms with Crippen LogP contribution in [0.15, 0.2) is 0 Å². The molecule has 0 bridgehead atoms. The molecule has 0 amide bonds. The van der Waals surface area contributed by atoms with Crippen molar-refractivity contribution in [1.82, 2.24) is 0 Å². The largest absolute Gasteiger partial charge is 0.461 e. The number of esters is 1. The Morgan fingerprint density at radius 3 is 2.47 bits per heavy atom. The Hall–Kier alpha value is -0.570. The summed E-state index contributed by atoms with van der Waals surface area (Å²) in [7, 11) is 0. The van der Waals surface area contributed by atoms with E-state index in [1.54, 1.807) is 0 Å². The molecule has 0 radical (unpaired) electrons. The molecule has 3 nitrogen and oxygen atoms in total. The van der Waals surface area contributed by atoms with Gasteiger partial charge in [-0.3, -0.25) is 4.79 Å². The second kappa shape index (κ2) is 6.83. The van der Waals surface area contributed by atoms with Crippen LogP contribution in [-0.2, 0) is 9.53 Å². The van der Waals surface area contributed by atoms with E-state index in [-0.39, 0.29) is 12.1 Å². The minimum Gasteiger partial charge on any atom is -0.461 e. The lowest BCUT2D eigenvalue weighted by atomic mass is 10.1. The first kappa shape index (κ1) is 12.5. The maximum atomic E-state index is 11.6. The SMILES string of the molecule is CCC[C@H](N)C(=O)OC1CCCCCC1. The van der Waals surface area contributed by atoms with Crippen LogP contribution in [0.5, 0.6) is 0 Å². The summed E-state index contributed by atoms with van der Waals surface area (Å²) in [6.07, 6.45) is 8.73. The highest BCUT2D eigenvalue weighted by molar-refractivity contribution is 5.75. The zero-order valence-corrected chi connectivity index (χ0v) is 9.71. The van der Waals surface area contributed by atoms with Crippen molar-refractivity contribution in [2.45, 2.75) is 70.4 Å². The number of carbonyl (C=O) groups is 1. The van der Waals surface area contributed by atoms with Gasteiger partial charge in [-0.1, -0.05) is 26.2 Å². The Balaban J connectivity index is 2.28. The summed E-state index contributed by atoms with van der Waals surface area (Å²) in [6, 6.07) is -0.418. The summed E-state index contributed by atoms with van der Waals surface area (Å²) in [5.41, 5.74) is 5.71. The van der Waals surface area contributed by atoms with Crippen molar-refractivity contribution >= 4 is 5.97 Å². The highest BCUT2D eigenvalue weighted by Gasteiger charge is 2.20. The lowest BCUT2D eigenvalue weighted by Gasteiger charge is -2.18. The van der Waals surface area contributed by atoms with Crippen LogP contribution >= 0.6 is 0 Å². The van der Waals surface area contributed by atoms with Gasteiger partial charge in [0.05, 0.1) is 0 Å². The third-order valence-electron chi connectivity index (χ3n) is 2.99. The standard InChI is InChI=1S/C12H23NO2/c1-2-7-11(13)12(14)15-10-8-5-3-4-6-9-10/h10-11H,2-9,13H2,1H3/t11-/m0/s1. The minimum atomic E-state index is -0.418. The van der Waals surface area contributed by atoms with E-state index in [4.69, 9.17) is 10.5 Å². The fourth-order valence-corrected chi connectivity index (χ4v) is 2.04. The molecule has 0 heterocycles. The molecule has 15 heavy (non-hydrogen) atoms. The van der Waals surface area contributed by atoms with Gasteiger partial charge in [-0.15, -0.1) is 0 Å². The number of hydrogen-bond donors (Lipinski definition) is 1. The summed E-state index contributed by atoms with van der Waals surface area (Å²) >= 11 is 0. The van der Waals surface area contributed by atoms with Crippen LogP contribution in [0.2, 0.25) is 0 Å². The lowest BCUT2D eigenvalue weighted by Crippen LogP contribution is -2.34. The number of ether oxygens (including phenoxy) is 1. The van der Waals surface area contributed by atoms with Crippen LogP contribution in [0.25, 0.3) is 0 Å². The molecule has 1 fully saturated rings. The summed E-state index contributed by atoms with van der Waals surface area (Å²) in [6.45, 7) is 2.03. The molecule has 0 aliphatic heterocycles. The molecule has 0 saturated heterocycles. The second-order valence-electron chi connectivity index (χ2n) is 4.45. The summed E-state index contributed by atoms with van der Waals surface area (Å²) in [4.78, 5) is 11.6. The molecular weight excluding hydrogens is 190 g/mol. The fourth-order valence-electron chi connectivity index (χ4n) is 2.04. The molecule has 3 heteroatoms. The highest BCUT2D eigenvalue weighted by atomic mass is 16.5. The summed E-state index contributed by atoms with van der Waals surface area (Å²) in [5.74, 6) is -0.205. The van der Waals surface area contributed by atoms with E-state index in [1.165, 1.54) is 25.7 Å². The van der Waals surface area contributed by atoms with Crippen LogP contribution < -0.4 is 5.73 Å². The first-order valence-electron chi connectivity index (χ1n) is 6.20. The Morgan fingerprint density at radius 2 is 1.93 bits per heavy atom. The number of rotatable bonds is 4. The van der Waals surface area contributed by atoms with Gasteiger partial charge in [0.25, 0.3) is 0 Å². The second-order valence-corrected chi connectivity index (χ2v) is 4.45. The molecule has 0 spiro atoms. The number of hydrogen-bond acceptors (Lipinski definition) is 3. The van der Waals surface area contributed by atoms with Crippen molar-refractivity contribution in [3.63, 3.8) is 0 Å². The van der Waals surface area contributed by atoms with E-state index in [0.717, 1.165) is 25.7 Å². The van der Waals surface area contributed by atoms with Gasteiger partial charge in [0.1, 0.15) is 12.1 Å². The van der Waals surface area contributed by atoms with E-state index in [2.05, 4.69) is 0 Å². The van der Waals surface area contributed by atoms with Gasteiger partial charge >= 0.3 is 5.97 Å². The van der Waals surface area contributed by atoms with Gasteiger partial charge in [-0.25, -0.2) is 0 Å². The predicted molar refractivity (Wildman–Crippen MR) is 60.5 cm³/mol. The molecule has 2 N–H and O–H groups in total. The van der Waals surface area contributed by atoms with Crippen molar-refractivity contribution in [3.8, 4) is 0 Å². The molecule has 0 aromatic heterocycles. The van der Waals surface area contributed by atoms with Crippen LogP contribution in [0.4, 0.5) is 0 Å². The highest BCUT2D eigenvalue weighted by Crippen LogP contribution is 2.20. The van der Waals surface area contributed by atoms with Gasteiger partial charge in [0.15, 0.2) is 0 Å². The first-order valence-corrected chi connectivity index (χ1v) is 6.20. The lowest BCUT2D eigenvalue weighted by molar-refractivity contribution is -0.151. The van der Waals surface area contributed by atoms with Crippen LogP contribution in [-0.4, -0.2) is 18.1 Å². The Labute approximate surface area is 92.4 Å². The van der Waals surface area contributed by atoms with Gasteiger partial charge in [-0.05, 0) is 32.1 Å². The molecule has 1 aliphatic rings. The predicted octanol–water partition coefficient (Wildman–Crippen LogP) is 2.38. The Kier molecular flexibility index (Phi) is 5.69. The van der Waals surface area contributed by atoms with Crippen LogP contribution in [0.3, 0.4) is 0 Å². The molecule has 1 rings (SSSR count). The first-order chi connectivity index (χ1) is 7.24. The summed E-state index contributed by atoms with van der Waals surface area (Å²) in [5, 5.41) is 0. The van der Waals surface area contributed by atoms with Gasteiger partial charge in [0, 0.05) is 0 Å². The monoisotopic (exact) mass is 213 g/mol. The molecule has 88 valence electrons. The van der Waals surface area contributed by atoms with E-state index in [0.29, 0.717) is 0 Å². The molecule has 1 aliphatic carbocycles.